The van der Waals surface area contributed by atoms with Crippen LogP contribution in [-0.2, 0) is 6.54 Å². The van der Waals surface area contributed by atoms with Gasteiger partial charge in [-0.15, -0.1) is 0 Å². The molecule has 3 aromatic rings. The zero-order chi connectivity index (χ0) is 23.6. The molecule has 0 radical (unpaired) electrons. The fourth-order valence-electron chi connectivity index (χ4n) is 4.66. The Morgan fingerprint density at radius 3 is 2.73 bits per heavy atom. The summed E-state index contributed by atoms with van der Waals surface area (Å²) in [7, 11) is 0. The Balaban J connectivity index is 1.67. The van der Waals surface area contributed by atoms with Crippen molar-refractivity contribution in [2.24, 2.45) is 0 Å². The highest BCUT2D eigenvalue weighted by molar-refractivity contribution is 14.1. The highest BCUT2D eigenvalue weighted by Gasteiger charge is 2.22. The van der Waals surface area contributed by atoms with Crippen molar-refractivity contribution in [1.82, 2.24) is 19.5 Å². The van der Waals surface area contributed by atoms with Gasteiger partial charge in [0.2, 0.25) is 5.95 Å². The van der Waals surface area contributed by atoms with Crippen LogP contribution in [0.1, 0.15) is 70.9 Å². The van der Waals surface area contributed by atoms with Gasteiger partial charge in [0.1, 0.15) is 0 Å². The van der Waals surface area contributed by atoms with Crippen LogP contribution in [0, 0.1) is 3.57 Å². The van der Waals surface area contributed by atoms with Gasteiger partial charge in [0.05, 0.1) is 11.9 Å². The number of aliphatic hydroxyl groups is 1. The minimum absolute atomic E-state index is 0.00713. The van der Waals surface area contributed by atoms with Crippen LogP contribution in [0.25, 0.3) is 11.2 Å². The van der Waals surface area contributed by atoms with E-state index in [9.17, 15) is 5.11 Å². The third-order valence-corrected chi connectivity index (χ3v) is 6.79. The topological polar surface area (TPSA) is 114 Å². The highest BCUT2D eigenvalue weighted by atomic mass is 127. The van der Waals surface area contributed by atoms with Gasteiger partial charge in [-0.2, -0.15) is 9.97 Å². The molecule has 1 aliphatic rings. The summed E-state index contributed by atoms with van der Waals surface area (Å²) in [6, 6.07) is 6.43. The molecule has 0 aliphatic heterocycles. The Morgan fingerprint density at radius 1 is 1.24 bits per heavy atom. The van der Waals surface area contributed by atoms with Crippen LogP contribution in [-0.4, -0.2) is 36.3 Å². The summed E-state index contributed by atoms with van der Waals surface area (Å²) in [6.07, 6.45) is 8.55. The van der Waals surface area contributed by atoms with E-state index in [2.05, 4.69) is 43.9 Å². The lowest BCUT2D eigenvalue weighted by atomic mass is 9.95. The van der Waals surface area contributed by atoms with Crippen molar-refractivity contribution in [3.8, 4) is 0 Å². The van der Waals surface area contributed by atoms with Gasteiger partial charge in [-0.1, -0.05) is 19.3 Å². The number of hydrogen-bond donors (Lipinski definition) is 4. The Bertz CT molecular complexity index is 1100. The number of nitrogen functional groups attached to an aromatic ring is 1. The van der Waals surface area contributed by atoms with Crippen LogP contribution < -0.4 is 16.4 Å². The summed E-state index contributed by atoms with van der Waals surface area (Å²) in [5.41, 5.74) is 8.79. The summed E-state index contributed by atoms with van der Waals surface area (Å²) < 4.78 is 3.35. The number of benzene rings is 1. The molecule has 5 N–H and O–H groups in total. The summed E-state index contributed by atoms with van der Waals surface area (Å²) in [5, 5.41) is 17.0. The summed E-state index contributed by atoms with van der Waals surface area (Å²) in [4.78, 5) is 14.3. The Hall–Kier alpha value is -2.14. The molecule has 9 heteroatoms. The van der Waals surface area contributed by atoms with Crippen molar-refractivity contribution in [3.63, 3.8) is 0 Å². The Kier molecular flexibility index (Phi) is 7.28. The van der Waals surface area contributed by atoms with E-state index < -0.39 is 5.60 Å². The van der Waals surface area contributed by atoms with Gasteiger partial charge in [-0.3, -0.25) is 0 Å². The number of aromatic nitrogens is 4. The Labute approximate surface area is 208 Å². The van der Waals surface area contributed by atoms with E-state index in [0.29, 0.717) is 30.8 Å². The monoisotopic (exact) mass is 563 g/mol. The van der Waals surface area contributed by atoms with Gasteiger partial charge >= 0.3 is 0 Å². The lowest BCUT2D eigenvalue weighted by molar-refractivity contribution is 0.0672. The lowest BCUT2D eigenvalue weighted by Gasteiger charge is -2.24. The number of nitrogens with two attached hydrogens (primary N) is 1. The quantitative estimate of drug-likeness (QED) is 0.223. The number of nitrogens with one attached hydrogen (secondary N) is 2. The third kappa shape index (κ3) is 6.06. The van der Waals surface area contributed by atoms with Crippen LogP contribution >= 0.6 is 22.6 Å². The van der Waals surface area contributed by atoms with E-state index in [1.165, 1.54) is 19.3 Å². The minimum Gasteiger partial charge on any atom is -0.398 e. The first kappa shape index (κ1) is 24.0. The normalized spacial score (nSPS) is 16.2. The molecule has 0 amide bonds. The van der Waals surface area contributed by atoms with E-state index in [0.717, 1.165) is 38.8 Å². The van der Waals surface area contributed by atoms with Crippen LogP contribution in [0.3, 0.4) is 0 Å². The van der Waals surface area contributed by atoms with Crippen molar-refractivity contribution in [3.05, 3.63) is 33.7 Å². The number of fused-ring (bicyclic) bond motifs is 1. The molecule has 1 fully saturated rings. The molecular weight excluding hydrogens is 529 g/mol. The molecular formula is C24H34IN7O. The minimum atomic E-state index is -0.774. The molecule has 0 spiro atoms. The third-order valence-electron chi connectivity index (χ3n) is 6.12. The zero-order valence-electron chi connectivity index (χ0n) is 19.6. The first-order chi connectivity index (χ1) is 15.7. The number of hydrogen-bond acceptors (Lipinski definition) is 7. The van der Waals surface area contributed by atoms with Crippen molar-refractivity contribution in [1.29, 1.82) is 0 Å². The second kappa shape index (κ2) is 10.0. The van der Waals surface area contributed by atoms with Gasteiger partial charge in [-0.25, -0.2) is 4.98 Å². The number of halogens is 1. The molecule has 1 aromatic carbocycles. The molecule has 33 heavy (non-hydrogen) atoms. The number of anilines is 3. The van der Waals surface area contributed by atoms with Gasteiger partial charge in [0.25, 0.3) is 0 Å². The van der Waals surface area contributed by atoms with Gasteiger partial charge in [0.15, 0.2) is 17.0 Å². The van der Waals surface area contributed by atoms with Gasteiger partial charge < -0.3 is 26.0 Å². The van der Waals surface area contributed by atoms with Crippen LogP contribution in [0.15, 0.2) is 24.5 Å². The first-order valence-corrected chi connectivity index (χ1v) is 12.8. The summed E-state index contributed by atoms with van der Waals surface area (Å²) in [6.45, 7) is 6.20. The number of rotatable bonds is 8. The molecule has 0 saturated heterocycles. The smallest absolute Gasteiger partial charge is 0.226 e. The van der Waals surface area contributed by atoms with Gasteiger partial charge in [0, 0.05) is 27.9 Å². The summed E-state index contributed by atoms with van der Waals surface area (Å²) >= 11 is 2.29. The van der Waals surface area contributed by atoms with Gasteiger partial charge in [-0.05, 0) is 86.4 Å². The molecule has 2 aromatic heterocycles. The molecule has 1 atom stereocenters. The van der Waals surface area contributed by atoms with Crippen LogP contribution in [0.5, 0.6) is 0 Å². The maximum absolute atomic E-state index is 10.2. The second-order valence-corrected chi connectivity index (χ2v) is 11.0. The zero-order valence-corrected chi connectivity index (χ0v) is 21.8. The van der Waals surface area contributed by atoms with E-state index in [1.54, 1.807) is 0 Å². The van der Waals surface area contributed by atoms with E-state index in [1.807, 2.05) is 39.2 Å². The molecule has 0 bridgehead atoms. The average Bonchev–Trinajstić information content (AvgIpc) is 3.17. The molecule has 1 unspecified atom stereocenters. The van der Waals surface area contributed by atoms with Crippen molar-refractivity contribution < 1.29 is 5.11 Å². The predicted octanol–water partition coefficient (Wildman–Crippen LogP) is 5.09. The largest absolute Gasteiger partial charge is 0.398 e. The fraction of sp³-hybridized carbons (Fsp3) is 0.542. The average molecular weight is 563 g/mol. The van der Waals surface area contributed by atoms with Crippen molar-refractivity contribution in [2.75, 3.05) is 16.4 Å². The first-order valence-electron chi connectivity index (χ1n) is 11.7. The van der Waals surface area contributed by atoms with Crippen LogP contribution in [0.4, 0.5) is 17.5 Å². The second-order valence-electron chi connectivity index (χ2n) is 9.77. The maximum atomic E-state index is 10.2. The SMILES string of the molecule is CC(CC(C)(C)O)Nc1nc(NCc2cc(I)ccc2N)c2ncn(C3CCCCC3)c2n1. The fourth-order valence-corrected chi connectivity index (χ4v) is 5.21. The number of imidazole rings is 1. The standard InChI is InChI=1S/C24H34IN7O/c1-15(12-24(2,3)33)29-23-30-21(27-13-16-11-17(25)9-10-19(16)26)20-22(31-23)32(14-28-20)18-7-5-4-6-8-18/h9-11,14-15,18,33H,4-8,12-13,26H2,1-3H3,(H2,27,29,30,31). The molecule has 4 rings (SSSR count). The summed E-state index contributed by atoms with van der Waals surface area (Å²) in [5.74, 6) is 1.22. The van der Waals surface area contributed by atoms with E-state index >= 15 is 0 Å². The molecule has 8 nitrogen and oxygen atoms in total. The Morgan fingerprint density at radius 2 is 2.00 bits per heavy atom. The predicted molar refractivity (Wildman–Crippen MR) is 142 cm³/mol. The highest BCUT2D eigenvalue weighted by Crippen LogP contribution is 2.32. The molecule has 2 heterocycles. The van der Waals surface area contributed by atoms with Crippen molar-refractivity contribution in [2.45, 2.75) is 83.5 Å². The van der Waals surface area contributed by atoms with Crippen LogP contribution in [0.2, 0.25) is 0 Å². The molecule has 1 saturated carbocycles. The molecule has 1 aliphatic carbocycles. The number of nitrogens with zero attached hydrogens (tertiary/aromatic N) is 4. The van der Waals surface area contributed by atoms with E-state index in [4.69, 9.17) is 20.7 Å². The van der Waals surface area contributed by atoms with E-state index in [-0.39, 0.29) is 6.04 Å². The molecule has 178 valence electrons. The maximum Gasteiger partial charge on any atom is 0.226 e. The lowest BCUT2D eigenvalue weighted by Crippen LogP contribution is -2.29. The van der Waals surface area contributed by atoms with Crippen molar-refractivity contribution >= 4 is 51.2 Å².